The monoisotopic (exact) mass is 262 g/mol. The molecule has 19 heavy (non-hydrogen) atoms. The molecule has 7 heteroatoms. The van der Waals surface area contributed by atoms with Crippen molar-refractivity contribution in [2.75, 3.05) is 19.7 Å². The maximum absolute atomic E-state index is 10.6. The largest absolute Gasteiger partial charge is 0.476 e. The zero-order valence-corrected chi connectivity index (χ0v) is 10.3. The van der Waals surface area contributed by atoms with Crippen LogP contribution in [0, 0.1) is 27.4 Å². The van der Waals surface area contributed by atoms with Crippen molar-refractivity contribution in [1.29, 1.82) is 5.26 Å². The van der Waals surface area contributed by atoms with E-state index in [0.717, 1.165) is 32.1 Å². The summed E-state index contributed by atoms with van der Waals surface area (Å²) in [5.41, 5.74) is -0.110. The molecule has 0 bridgehead atoms. The lowest BCUT2D eigenvalue weighted by Gasteiger charge is -2.22. The molecule has 1 N–H and O–H groups in total. The van der Waals surface area contributed by atoms with Crippen LogP contribution in [-0.2, 0) is 0 Å². The van der Waals surface area contributed by atoms with E-state index in [0.29, 0.717) is 12.5 Å². The molecule has 1 aliphatic heterocycles. The Balaban J connectivity index is 2.03. The average Bonchev–Trinajstić information content (AvgIpc) is 2.45. The topological polar surface area (TPSA) is 101 Å². The van der Waals surface area contributed by atoms with Crippen molar-refractivity contribution in [3.8, 4) is 11.9 Å². The van der Waals surface area contributed by atoms with Crippen molar-refractivity contribution in [2.45, 2.75) is 12.8 Å². The van der Waals surface area contributed by atoms with E-state index in [2.05, 4.69) is 10.3 Å². The van der Waals surface area contributed by atoms with Crippen LogP contribution in [-0.4, -0.2) is 29.6 Å². The van der Waals surface area contributed by atoms with Crippen molar-refractivity contribution < 1.29 is 9.66 Å². The van der Waals surface area contributed by atoms with Crippen LogP contribution in [0.4, 0.5) is 5.69 Å². The molecule has 1 aromatic heterocycles. The third-order valence-electron chi connectivity index (χ3n) is 3.02. The van der Waals surface area contributed by atoms with Gasteiger partial charge in [0.15, 0.2) is 0 Å². The van der Waals surface area contributed by atoms with Crippen molar-refractivity contribution in [3.05, 3.63) is 27.9 Å². The first-order valence-electron chi connectivity index (χ1n) is 6.08. The number of aromatic nitrogens is 1. The first-order chi connectivity index (χ1) is 9.20. The third kappa shape index (κ3) is 3.39. The fraction of sp³-hybridized carbons (Fsp3) is 0.500. The molecule has 1 saturated heterocycles. The van der Waals surface area contributed by atoms with Crippen LogP contribution < -0.4 is 10.1 Å². The van der Waals surface area contributed by atoms with E-state index in [1.165, 1.54) is 6.07 Å². The number of piperidine rings is 1. The SMILES string of the molecule is N#Cc1cc([N+](=O)[O-])cnc1OCC1CCCNC1. The van der Waals surface area contributed by atoms with Crippen LogP contribution in [0.1, 0.15) is 18.4 Å². The van der Waals surface area contributed by atoms with Crippen molar-refractivity contribution in [2.24, 2.45) is 5.92 Å². The first kappa shape index (κ1) is 13.2. The second-order valence-corrected chi connectivity index (χ2v) is 4.44. The molecule has 100 valence electrons. The van der Waals surface area contributed by atoms with Crippen LogP contribution in [0.3, 0.4) is 0 Å². The Labute approximate surface area is 110 Å². The zero-order chi connectivity index (χ0) is 13.7. The highest BCUT2D eigenvalue weighted by Gasteiger charge is 2.17. The molecule has 0 spiro atoms. The molecule has 1 aromatic rings. The summed E-state index contributed by atoms with van der Waals surface area (Å²) in [5, 5.41) is 22.8. The molecule has 2 heterocycles. The molecular formula is C12H14N4O3. The summed E-state index contributed by atoms with van der Waals surface area (Å²) in [6, 6.07) is 3.05. The number of hydrogen-bond acceptors (Lipinski definition) is 6. The van der Waals surface area contributed by atoms with Crippen LogP contribution in [0.15, 0.2) is 12.3 Å². The highest BCUT2D eigenvalue weighted by atomic mass is 16.6. The Hall–Kier alpha value is -2.20. The molecule has 0 aliphatic carbocycles. The minimum atomic E-state index is -0.581. The molecule has 0 aromatic carbocycles. The Morgan fingerprint density at radius 2 is 2.53 bits per heavy atom. The van der Waals surface area contributed by atoms with Crippen LogP contribution >= 0.6 is 0 Å². The predicted molar refractivity (Wildman–Crippen MR) is 66.7 cm³/mol. The van der Waals surface area contributed by atoms with Gasteiger partial charge in [0.2, 0.25) is 5.88 Å². The quantitative estimate of drug-likeness (QED) is 0.647. The van der Waals surface area contributed by atoms with Crippen molar-refractivity contribution in [1.82, 2.24) is 10.3 Å². The first-order valence-corrected chi connectivity index (χ1v) is 6.08. The van der Waals surface area contributed by atoms with E-state index in [4.69, 9.17) is 10.00 Å². The summed E-state index contributed by atoms with van der Waals surface area (Å²) in [7, 11) is 0. The molecule has 1 unspecified atom stereocenters. The number of pyridine rings is 1. The fourth-order valence-corrected chi connectivity index (χ4v) is 2.00. The minimum Gasteiger partial charge on any atom is -0.476 e. The number of ether oxygens (including phenoxy) is 1. The molecule has 1 fully saturated rings. The smallest absolute Gasteiger partial charge is 0.289 e. The van der Waals surface area contributed by atoms with Gasteiger partial charge < -0.3 is 10.1 Å². The summed E-state index contributed by atoms with van der Waals surface area (Å²) >= 11 is 0. The van der Waals surface area contributed by atoms with Gasteiger partial charge in [0.05, 0.1) is 11.5 Å². The van der Waals surface area contributed by atoms with Gasteiger partial charge in [-0.15, -0.1) is 0 Å². The van der Waals surface area contributed by atoms with E-state index < -0.39 is 4.92 Å². The number of nitrogens with zero attached hydrogens (tertiary/aromatic N) is 3. The summed E-state index contributed by atoms with van der Waals surface area (Å²) in [6.07, 6.45) is 3.28. The molecular weight excluding hydrogens is 248 g/mol. The van der Waals surface area contributed by atoms with Crippen molar-refractivity contribution in [3.63, 3.8) is 0 Å². The van der Waals surface area contributed by atoms with Gasteiger partial charge in [0.25, 0.3) is 5.69 Å². The number of rotatable bonds is 4. The van der Waals surface area contributed by atoms with Crippen molar-refractivity contribution >= 4 is 5.69 Å². The van der Waals surface area contributed by atoms with E-state index in [9.17, 15) is 10.1 Å². The van der Waals surface area contributed by atoms with Gasteiger partial charge in [-0.25, -0.2) is 4.98 Å². The molecule has 0 amide bonds. The number of nitro groups is 1. The van der Waals surface area contributed by atoms with Gasteiger partial charge in [-0.3, -0.25) is 10.1 Å². The molecule has 0 saturated carbocycles. The van der Waals surface area contributed by atoms with Gasteiger partial charge in [0, 0.05) is 18.5 Å². The second kappa shape index (κ2) is 6.11. The Kier molecular flexibility index (Phi) is 4.26. The lowest BCUT2D eigenvalue weighted by Crippen LogP contribution is -2.33. The summed E-state index contributed by atoms with van der Waals surface area (Å²) in [6.45, 7) is 2.37. The molecule has 1 aliphatic rings. The summed E-state index contributed by atoms with van der Waals surface area (Å²) < 4.78 is 5.51. The van der Waals surface area contributed by atoms with Gasteiger partial charge >= 0.3 is 0 Å². The Bertz CT molecular complexity index is 506. The average molecular weight is 262 g/mol. The van der Waals surface area contributed by atoms with Gasteiger partial charge in [-0.05, 0) is 19.4 Å². The van der Waals surface area contributed by atoms with E-state index in [1.807, 2.05) is 6.07 Å². The Morgan fingerprint density at radius 1 is 1.68 bits per heavy atom. The number of hydrogen-bond donors (Lipinski definition) is 1. The molecule has 7 nitrogen and oxygen atoms in total. The lowest BCUT2D eigenvalue weighted by atomic mass is 10.0. The summed E-state index contributed by atoms with van der Waals surface area (Å²) in [5.74, 6) is 0.552. The predicted octanol–water partition coefficient (Wildman–Crippen LogP) is 1.24. The standard InChI is InChI=1S/C12H14N4O3/c13-5-10-4-11(16(17)18)7-15-12(10)19-8-9-2-1-3-14-6-9/h4,7,9,14H,1-3,6,8H2. The lowest BCUT2D eigenvalue weighted by molar-refractivity contribution is -0.385. The summed E-state index contributed by atoms with van der Waals surface area (Å²) in [4.78, 5) is 13.9. The van der Waals surface area contributed by atoms with Gasteiger partial charge in [-0.2, -0.15) is 5.26 Å². The highest BCUT2D eigenvalue weighted by Crippen LogP contribution is 2.21. The maximum atomic E-state index is 10.6. The molecule has 1 atom stereocenters. The number of nitriles is 1. The van der Waals surface area contributed by atoms with Crippen LogP contribution in [0.25, 0.3) is 0 Å². The van der Waals surface area contributed by atoms with Crippen LogP contribution in [0.2, 0.25) is 0 Å². The zero-order valence-electron chi connectivity index (χ0n) is 10.3. The van der Waals surface area contributed by atoms with Gasteiger partial charge in [-0.1, -0.05) is 0 Å². The van der Waals surface area contributed by atoms with E-state index in [1.54, 1.807) is 0 Å². The maximum Gasteiger partial charge on any atom is 0.289 e. The molecule has 2 rings (SSSR count). The van der Waals surface area contributed by atoms with E-state index >= 15 is 0 Å². The van der Waals surface area contributed by atoms with Gasteiger partial charge in [0.1, 0.15) is 17.8 Å². The second-order valence-electron chi connectivity index (χ2n) is 4.44. The third-order valence-corrected chi connectivity index (χ3v) is 3.02. The normalized spacial score (nSPS) is 18.6. The number of nitrogens with one attached hydrogen (secondary N) is 1. The molecule has 0 radical (unpaired) electrons. The van der Waals surface area contributed by atoms with E-state index in [-0.39, 0.29) is 17.1 Å². The minimum absolute atomic E-state index is 0.0953. The highest BCUT2D eigenvalue weighted by molar-refractivity contribution is 5.44. The fourth-order valence-electron chi connectivity index (χ4n) is 2.00. The Morgan fingerprint density at radius 3 is 3.16 bits per heavy atom. The van der Waals surface area contributed by atoms with Crippen LogP contribution in [0.5, 0.6) is 5.88 Å².